The van der Waals surface area contributed by atoms with E-state index in [4.69, 9.17) is 24.7 Å². The van der Waals surface area contributed by atoms with Gasteiger partial charge in [-0.1, -0.05) is 6.92 Å². The van der Waals surface area contributed by atoms with Gasteiger partial charge < -0.3 is 14.0 Å². The van der Waals surface area contributed by atoms with E-state index in [9.17, 15) is 4.57 Å². The van der Waals surface area contributed by atoms with Crippen molar-refractivity contribution in [3.63, 3.8) is 0 Å². The van der Waals surface area contributed by atoms with E-state index in [1.54, 1.807) is 20.8 Å². The first-order valence-electron chi connectivity index (χ1n) is 5.93. The van der Waals surface area contributed by atoms with Crippen molar-refractivity contribution in [3.05, 3.63) is 0 Å². The molecule has 0 aromatic heterocycles. The molecule has 104 valence electrons. The van der Waals surface area contributed by atoms with Gasteiger partial charge in [0.1, 0.15) is 0 Å². The van der Waals surface area contributed by atoms with Crippen LogP contribution in [-0.2, 0) is 23.4 Å². The number of hydrogen-bond donors (Lipinski definition) is 1. The minimum Gasteiger partial charge on any atom is -0.345 e. The lowest BCUT2D eigenvalue weighted by atomic mass is 10.5. The highest BCUT2D eigenvalue weighted by molar-refractivity contribution is 7.59. The molecule has 0 heterocycles. The van der Waals surface area contributed by atoms with Gasteiger partial charge in [0.25, 0.3) is 7.37 Å². The molecule has 0 aliphatic rings. The van der Waals surface area contributed by atoms with E-state index in [1.165, 1.54) is 0 Å². The lowest BCUT2D eigenvalue weighted by Crippen LogP contribution is -2.29. The summed E-state index contributed by atoms with van der Waals surface area (Å²) in [6.45, 7) is 8.21. The summed E-state index contributed by atoms with van der Waals surface area (Å²) in [5.74, 6) is 4.45. The minimum atomic E-state index is -3.26. The van der Waals surface area contributed by atoms with Crippen LogP contribution >= 0.6 is 7.37 Å². The number of ether oxygens (including phenoxy) is 2. The Labute approximate surface area is 103 Å². The molecule has 2 unspecified atom stereocenters. The van der Waals surface area contributed by atoms with Crippen molar-refractivity contribution in [1.29, 1.82) is 0 Å². The first-order valence-corrected chi connectivity index (χ1v) is 7.69. The average molecular weight is 269 g/mol. The van der Waals surface area contributed by atoms with Crippen molar-refractivity contribution in [3.8, 4) is 0 Å². The zero-order valence-electron chi connectivity index (χ0n) is 11.0. The van der Waals surface area contributed by atoms with Gasteiger partial charge in [0, 0.05) is 13.2 Å². The van der Waals surface area contributed by atoms with Crippen molar-refractivity contribution in [2.75, 3.05) is 19.8 Å². The average Bonchev–Trinajstić information content (AvgIpc) is 2.30. The molecular formula is C10H24NO5P. The van der Waals surface area contributed by atoms with Crippen LogP contribution in [0.4, 0.5) is 0 Å². The fourth-order valence-corrected chi connectivity index (χ4v) is 3.81. The largest absolute Gasteiger partial charge is 0.345 e. The number of rotatable bonds is 10. The molecule has 0 aliphatic heterocycles. The van der Waals surface area contributed by atoms with Crippen LogP contribution in [0.25, 0.3) is 0 Å². The third-order valence-corrected chi connectivity index (χ3v) is 4.99. The summed E-state index contributed by atoms with van der Waals surface area (Å²) in [6.07, 6.45) is 0.463. The maximum Gasteiger partial charge on any atom is 0.287 e. The second-order valence-corrected chi connectivity index (χ2v) is 5.83. The zero-order valence-corrected chi connectivity index (χ0v) is 11.9. The molecule has 0 saturated carbocycles. The third-order valence-electron chi connectivity index (χ3n) is 2.15. The van der Waals surface area contributed by atoms with Crippen LogP contribution in [0, 0.1) is 0 Å². The number of nitrogens with two attached hydrogens (primary N) is 1. The van der Waals surface area contributed by atoms with Gasteiger partial charge in [-0.15, -0.1) is 0 Å². The molecular weight excluding hydrogens is 245 g/mol. The highest BCUT2D eigenvalue weighted by atomic mass is 31.2. The van der Waals surface area contributed by atoms with Gasteiger partial charge in [-0.05, 0) is 27.2 Å². The summed E-state index contributed by atoms with van der Waals surface area (Å²) in [4.78, 5) is 4.74. The highest BCUT2D eigenvalue weighted by Crippen LogP contribution is 2.58. The molecule has 7 heteroatoms. The van der Waals surface area contributed by atoms with Crippen LogP contribution in [0.3, 0.4) is 0 Å². The maximum atomic E-state index is 12.8. The van der Waals surface area contributed by atoms with Crippen LogP contribution < -0.4 is 5.90 Å². The monoisotopic (exact) mass is 269 g/mol. The Hall–Kier alpha value is 0.0300. The van der Waals surface area contributed by atoms with E-state index in [0.717, 1.165) is 0 Å². The van der Waals surface area contributed by atoms with E-state index in [0.29, 0.717) is 19.6 Å². The van der Waals surface area contributed by atoms with Crippen molar-refractivity contribution in [2.45, 2.75) is 46.0 Å². The van der Waals surface area contributed by atoms with Gasteiger partial charge in [-0.3, -0.25) is 9.40 Å². The van der Waals surface area contributed by atoms with Crippen LogP contribution in [0.2, 0.25) is 0 Å². The Morgan fingerprint density at radius 1 is 1.06 bits per heavy atom. The predicted octanol–water partition coefficient (Wildman–Crippen LogP) is 2.28. The van der Waals surface area contributed by atoms with Crippen LogP contribution in [-0.4, -0.2) is 31.7 Å². The molecule has 0 rings (SSSR count). The molecule has 0 aliphatic carbocycles. The third kappa shape index (κ3) is 4.66. The molecule has 0 bridgehead atoms. The summed E-state index contributed by atoms with van der Waals surface area (Å²) in [5.41, 5.74) is 0. The molecule has 0 spiro atoms. The Morgan fingerprint density at radius 2 is 1.59 bits per heavy atom. The van der Waals surface area contributed by atoms with Crippen LogP contribution in [0.15, 0.2) is 0 Å². The SMILES string of the molecule is CCOC(OCC)P(=O)(OCC)C(CC)ON. The summed E-state index contributed by atoms with van der Waals surface area (Å²) in [5, 5.41) is 0. The molecule has 2 atom stereocenters. The lowest BCUT2D eigenvalue weighted by molar-refractivity contribution is -0.0941. The molecule has 17 heavy (non-hydrogen) atoms. The topological polar surface area (TPSA) is 80.0 Å². The predicted molar refractivity (Wildman–Crippen MR) is 65.6 cm³/mol. The van der Waals surface area contributed by atoms with Gasteiger partial charge in [0.15, 0.2) is 5.85 Å². The van der Waals surface area contributed by atoms with E-state index in [2.05, 4.69) is 0 Å². The molecule has 6 nitrogen and oxygen atoms in total. The summed E-state index contributed by atoms with van der Waals surface area (Å²) < 4.78 is 28.8. The normalized spacial score (nSPS) is 17.1. The Morgan fingerprint density at radius 3 is 1.88 bits per heavy atom. The second kappa shape index (κ2) is 9.03. The second-order valence-electron chi connectivity index (χ2n) is 3.28. The van der Waals surface area contributed by atoms with Crippen LogP contribution in [0.1, 0.15) is 34.1 Å². The fraction of sp³-hybridized carbons (Fsp3) is 1.00. The van der Waals surface area contributed by atoms with E-state index < -0.39 is 19.2 Å². The van der Waals surface area contributed by atoms with Gasteiger partial charge >= 0.3 is 0 Å². The molecule has 0 fully saturated rings. The minimum absolute atomic E-state index is 0.286. The quantitative estimate of drug-likeness (QED) is 0.372. The molecule has 2 N–H and O–H groups in total. The summed E-state index contributed by atoms with van der Waals surface area (Å²) >= 11 is 0. The van der Waals surface area contributed by atoms with Crippen molar-refractivity contribution < 1.29 is 23.4 Å². The zero-order chi connectivity index (χ0) is 13.3. The van der Waals surface area contributed by atoms with Gasteiger partial charge in [0.2, 0.25) is 6.03 Å². The van der Waals surface area contributed by atoms with E-state index in [-0.39, 0.29) is 6.61 Å². The standard InChI is InChI=1S/C10H24NO5P/c1-5-9(16-11)17(12,15-8-4)10(13-6-2)14-7-3/h9-10H,5-8,11H2,1-4H3. The Bertz CT molecular complexity index is 229. The lowest BCUT2D eigenvalue weighted by Gasteiger charge is -2.30. The first-order chi connectivity index (χ1) is 8.10. The summed E-state index contributed by atoms with van der Waals surface area (Å²) in [7, 11) is -3.26. The smallest absolute Gasteiger partial charge is 0.287 e. The van der Waals surface area contributed by atoms with E-state index in [1.807, 2.05) is 6.92 Å². The van der Waals surface area contributed by atoms with Gasteiger partial charge in [0.05, 0.1) is 6.61 Å². The first kappa shape index (κ1) is 17.0. The highest BCUT2D eigenvalue weighted by Gasteiger charge is 2.43. The molecule has 0 aromatic carbocycles. The Kier molecular flexibility index (Phi) is 9.04. The van der Waals surface area contributed by atoms with Crippen LogP contribution in [0.5, 0.6) is 0 Å². The molecule has 0 amide bonds. The molecule has 0 aromatic rings. The molecule has 0 radical (unpaired) electrons. The molecule has 0 saturated heterocycles. The fourth-order valence-electron chi connectivity index (χ4n) is 1.46. The number of hydrogen-bond acceptors (Lipinski definition) is 6. The Balaban J connectivity index is 5.03. The van der Waals surface area contributed by atoms with Gasteiger partial charge in [-0.25, -0.2) is 5.90 Å². The summed E-state index contributed by atoms with van der Waals surface area (Å²) in [6, 6.07) is -0.925. The maximum absolute atomic E-state index is 12.8. The van der Waals surface area contributed by atoms with E-state index >= 15 is 0 Å². The van der Waals surface area contributed by atoms with Crippen molar-refractivity contribution in [1.82, 2.24) is 0 Å². The van der Waals surface area contributed by atoms with Gasteiger partial charge in [-0.2, -0.15) is 0 Å². The van der Waals surface area contributed by atoms with Crippen molar-refractivity contribution >= 4 is 7.37 Å². The van der Waals surface area contributed by atoms with Crippen molar-refractivity contribution in [2.24, 2.45) is 5.90 Å².